The normalized spacial score (nSPS) is 10.4. The smallest absolute Gasteiger partial charge is 0.256 e. The lowest BCUT2D eigenvalue weighted by Gasteiger charge is -2.05. The van der Waals surface area contributed by atoms with Crippen molar-refractivity contribution in [1.82, 2.24) is 9.78 Å². The molecule has 1 aromatic heterocycles. The van der Waals surface area contributed by atoms with Crippen molar-refractivity contribution in [3.63, 3.8) is 0 Å². The number of nitrogens with one attached hydrogen (secondary N) is 1. The fraction of sp³-hybridized carbons (Fsp3) is 0.111. The Hall–Kier alpha value is -2.60. The van der Waals surface area contributed by atoms with Crippen LogP contribution in [0.4, 0.5) is 5.69 Å². The maximum atomic E-state index is 12.3. The van der Waals surface area contributed by atoms with Gasteiger partial charge in [0.2, 0.25) is 0 Å². The Labute approximate surface area is 148 Å². The molecule has 0 fully saturated rings. The van der Waals surface area contributed by atoms with Crippen LogP contribution in [-0.4, -0.2) is 22.8 Å². The van der Waals surface area contributed by atoms with Crippen molar-refractivity contribution in [3.05, 3.63) is 76.5 Å². The molecule has 3 rings (SSSR count). The van der Waals surface area contributed by atoms with E-state index < -0.39 is 0 Å². The highest BCUT2D eigenvalue weighted by Gasteiger charge is 2.10. The van der Waals surface area contributed by atoms with Crippen molar-refractivity contribution in [2.24, 2.45) is 0 Å². The van der Waals surface area contributed by atoms with Crippen molar-refractivity contribution in [1.29, 1.82) is 0 Å². The van der Waals surface area contributed by atoms with Gasteiger partial charge < -0.3 is 10.1 Å². The van der Waals surface area contributed by atoms with Crippen LogP contribution in [0.25, 0.3) is 0 Å². The summed E-state index contributed by atoms with van der Waals surface area (Å²) in [5, 5.41) is 7.14. The zero-order valence-electron chi connectivity index (χ0n) is 13.1. The predicted molar refractivity (Wildman–Crippen MR) is 96.4 cm³/mol. The number of methoxy groups -OCH3 is 1. The summed E-state index contributed by atoms with van der Waals surface area (Å²) in [6, 6.07) is 15.1. The zero-order chi connectivity index (χ0) is 16.9. The van der Waals surface area contributed by atoms with Gasteiger partial charge in [0.15, 0.2) is 0 Å². The van der Waals surface area contributed by atoms with Crippen molar-refractivity contribution in [2.45, 2.75) is 6.54 Å². The standard InChI is InChI=1S/C18H16BrN3O2/c1-24-15-6-4-5-13(9-15)11-22-12-14(10-20-22)21-18(23)16-7-2-3-8-17(16)19/h2-10,12H,11H2,1H3,(H,21,23). The van der Waals surface area contributed by atoms with Crippen LogP contribution < -0.4 is 10.1 Å². The molecule has 0 aliphatic carbocycles. The largest absolute Gasteiger partial charge is 0.497 e. The first-order valence-corrected chi connectivity index (χ1v) is 8.16. The van der Waals surface area contributed by atoms with E-state index in [4.69, 9.17) is 4.74 Å². The summed E-state index contributed by atoms with van der Waals surface area (Å²) in [6.07, 6.45) is 3.43. The van der Waals surface area contributed by atoms with Gasteiger partial charge in [-0.15, -0.1) is 0 Å². The molecule has 0 saturated carbocycles. The molecule has 0 atom stereocenters. The molecule has 0 radical (unpaired) electrons. The van der Waals surface area contributed by atoms with Crippen LogP contribution in [0.3, 0.4) is 0 Å². The summed E-state index contributed by atoms with van der Waals surface area (Å²) < 4.78 is 7.74. The van der Waals surface area contributed by atoms with E-state index in [0.717, 1.165) is 15.8 Å². The van der Waals surface area contributed by atoms with E-state index in [-0.39, 0.29) is 5.91 Å². The van der Waals surface area contributed by atoms with E-state index in [1.54, 1.807) is 30.3 Å². The van der Waals surface area contributed by atoms with Crippen LogP contribution in [0, 0.1) is 0 Å². The molecule has 6 heteroatoms. The molecule has 0 spiro atoms. The SMILES string of the molecule is COc1cccc(Cn2cc(NC(=O)c3ccccc3Br)cn2)c1. The third-order valence-corrected chi connectivity index (χ3v) is 4.18. The number of carbonyl (C=O) groups is 1. The van der Waals surface area contributed by atoms with Crippen molar-refractivity contribution in [2.75, 3.05) is 12.4 Å². The number of rotatable bonds is 5. The molecule has 1 heterocycles. The first-order chi connectivity index (χ1) is 11.7. The monoisotopic (exact) mass is 385 g/mol. The average molecular weight is 386 g/mol. The summed E-state index contributed by atoms with van der Waals surface area (Å²) in [7, 11) is 1.64. The molecular weight excluding hydrogens is 370 g/mol. The highest BCUT2D eigenvalue weighted by Crippen LogP contribution is 2.18. The van der Waals surface area contributed by atoms with Gasteiger partial charge >= 0.3 is 0 Å². The Morgan fingerprint density at radius 2 is 2.08 bits per heavy atom. The van der Waals surface area contributed by atoms with E-state index in [0.29, 0.717) is 17.8 Å². The van der Waals surface area contributed by atoms with E-state index >= 15 is 0 Å². The van der Waals surface area contributed by atoms with Gasteiger partial charge in [-0.25, -0.2) is 0 Å². The first kappa shape index (κ1) is 16.3. The average Bonchev–Trinajstić information content (AvgIpc) is 3.02. The Morgan fingerprint density at radius 3 is 2.88 bits per heavy atom. The van der Waals surface area contributed by atoms with Crippen molar-refractivity contribution < 1.29 is 9.53 Å². The number of hydrogen-bond acceptors (Lipinski definition) is 3. The summed E-state index contributed by atoms with van der Waals surface area (Å²) >= 11 is 3.38. The number of amides is 1. The van der Waals surface area contributed by atoms with Gasteiger partial charge in [0.1, 0.15) is 5.75 Å². The van der Waals surface area contributed by atoms with Gasteiger partial charge in [-0.3, -0.25) is 9.48 Å². The number of benzene rings is 2. The van der Waals surface area contributed by atoms with E-state index in [1.165, 1.54) is 0 Å². The number of anilines is 1. The summed E-state index contributed by atoms with van der Waals surface area (Å²) in [4.78, 5) is 12.3. The fourth-order valence-electron chi connectivity index (χ4n) is 2.32. The molecule has 0 aliphatic rings. The number of ether oxygens (including phenoxy) is 1. The Morgan fingerprint density at radius 1 is 1.25 bits per heavy atom. The molecule has 0 bridgehead atoms. The van der Waals surface area contributed by atoms with Crippen LogP contribution >= 0.6 is 15.9 Å². The number of aromatic nitrogens is 2. The summed E-state index contributed by atoms with van der Waals surface area (Å²) in [6.45, 7) is 0.599. The summed E-state index contributed by atoms with van der Waals surface area (Å²) in [5.74, 6) is 0.630. The molecule has 0 saturated heterocycles. The highest BCUT2D eigenvalue weighted by atomic mass is 79.9. The Balaban J connectivity index is 1.69. The Bertz CT molecular complexity index is 861. The van der Waals surface area contributed by atoms with Gasteiger partial charge in [-0.2, -0.15) is 5.10 Å². The van der Waals surface area contributed by atoms with Crippen molar-refractivity contribution in [3.8, 4) is 5.75 Å². The van der Waals surface area contributed by atoms with Crippen LogP contribution in [0.2, 0.25) is 0 Å². The fourth-order valence-corrected chi connectivity index (χ4v) is 2.78. The topological polar surface area (TPSA) is 56.1 Å². The molecule has 122 valence electrons. The molecule has 1 N–H and O–H groups in total. The second kappa shape index (κ2) is 7.31. The molecule has 0 aliphatic heterocycles. The molecule has 5 nitrogen and oxygen atoms in total. The molecule has 3 aromatic rings. The van der Waals surface area contributed by atoms with Crippen molar-refractivity contribution >= 4 is 27.5 Å². The molecule has 2 aromatic carbocycles. The maximum Gasteiger partial charge on any atom is 0.256 e. The quantitative estimate of drug-likeness (QED) is 0.723. The minimum atomic E-state index is -0.177. The molecule has 24 heavy (non-hydrogen) atoms. The maximum absolute atomic E-state index is 12.3. The molecule has 1 amide bonds. The zero-order valence-corrected chi connectivity index (χ0v) is 14.7. The van der Waals surface area contributed by atoms with Gasteiger partial charge in [-0.1, -0.05) is 24.3 Å². The predicted octanol–water partition coefficient (Wildman–Crippen LogP) is 3.95. The highest BCUT2D eigenvalue weighted by molar-refractivity contribution is 9.10. The van der Waals surface area contributed by atoms with Crippen LogP contribution in [0.1, 0.15) is 15.9 Å². The van der Waals surface area contributed by atoms with Crippen LogP contribution in [0.5, 0.6) is 5.75 Å². The minimum Gasteiger partial charge on any atom is -0.497 e. The Kier molecular flexibility index (Phi) is 4.96. The van der Waals surface area contributed by atoms with E-state index in [9.17, 15) is 4.79 Å². The minimum absolute atomic E-state index is 0.177. The number of carbonyl (C=O) groups excluding carboxylic acids is 1. The third kappa shape index (κ3) is 3.83. The van der Waals surface area contributed by atoms with E-state index in [2.05, 4.69) is 26.3 Å². The first-order valence-electron chi connectivity index (χ1n) is 7.37. The number of nitrogens with zero attached hydrogens (tertiary/aromatic N) is 2. The van der Waals surface area contributed by atoms with Gasteiger partial charge in [-0.05, 0) is 45.8 Å². The van der Waals surface area contributed by atoms with Gasteiger partial charge in [0.05, 0.1) is 31.1 Å². The van der Waals surface area contributed by atoms with Crippen LogP contribution in [0.15, 0.2) is 65.4 Å². The van der Waals surface area contributed by atoms with E-state index in [1.807, 2.05) is 42.5 Å². The lowest BCUT2D eigenvalue weighted by molar-refractivity contribution is 0.102. The molecule has 0 unspecified atom stereocenters. The lowest BCUT2D eigenvalue weighted by atomic mass is 10.2. The summed E-state index contributed by atoms with van der Waals surface area (Å²) in [5.41, 5.74) is 2.30. The van der Waals surface area contributed by atoms with Gasteiger partial charge in [0, 0.05) is 10.7 Å². The number of halogens is 1. The van der Waals surface area contributed by atoms with Gasteiger partial charge in [0.25, 0.3) is 5.91 Å². The van der Waals surface area contributed by atoms with Crippen LogP contribution in [-0.2, 0) is 6.54 Å². The molecular formula is C18H16BrN3O2. The second-order valence-electron chi connectivity index (χ2n) is 5.21. The third-order valence-electron chi connectivity index (χ3n) is 3.49. The number of hydrogen-bond donors (Lipinski definition) is 1. The lowest BCUT2D eigenvalue weighted by Crippen LogP contribution is -2.12. The second-order valence-corrected chi connectivity index (χ2v) is 6.07.